The standard InChI is InChI=1S/C12H9Cl2NO2/c13-8-1-2-10(14)9(5-8)11-7(6-16)3-4-15-12(11)17/h1-5,16H,6H2,(H,15,17). The van der Waals surface area contributed by atoms with Crippen molar-refractivity contribution in [1.82, 2.24) is 4.98 Å². The van der Waals surface area contributed by atoms with E-state index in [0.717, 1.165) is 0 Å². The van der Waals surface area contributed by atoms with Crippen molar-refractivity contribution >= 4 is 23.2 Å². The number of H-pyrrole nitrogens is 1. The van der Waals surface area contributed by atoms with Gasteiger partial charge in [0.2, 0.25) is 0 Å². The predicted octanol–water partition coefficient (Wildman–Crippen LogP) is 2.84. The van der Waals surface area contributed by atoms with Crippen LogP contribution in [0.1, 0.15) is 5.56 Å². The Kier molecular flexibility index (Phi) is 3.52. The molecule has 0 spiro atoms. The second-order valence-corrected chi connectivity index (χ2v) is 4.33. The molecule has 0 radical (unpaired) electrons. The van der Waals surface area contributed by atoms with E-state index in [1.165, 1.54) is 6.20 Å². The van der Waals surface area contributed by atoms with Gasteiger partial charge in [-0.1, -0.05) is 23.2 Å². The third-order valence-corrected chi connectivity index (χ3v) is 2.98. The lowest BCUT2D eigenvalue weighted by atomic mass is 10.0. The highest BCUT2D eigenvalue weighted by molar-refractivity contribution is 6.35. The molecule has 2 rings (SSSR count). The van der Waals surface area contributed by atoms with Gasteiger partial charge in [-0.2, -0.15) is 0 Å². The minimum Gasteiger partial charge on any atom is -0.392 e. The van der Waals surface area contributed by atoms with Gasteiger partial charge in [-0.05, 0) is 29.8 Å². The molecule has 2 N–H and O–H groups in total. The van der Waals surface area contributed by atoms with Crippen LogP contribution in [-0.4, -0.2) is 10.1 Å². The molecule has 0 saturated carbocycles. The van der Waals surface area contributed by atoms with Gasteiger partial charge >= 0.3 is 0 Å². The molecule has 0 aliphatic carbocycles. The van der Waals surface area contributed by atoms with E-state index in [4.69, 9.17) is 23.2 Å². The Morgan fingerprint density at radius 1 is 1.24 bits per heavy atom. The van der Waals surface area contributed by atoms with E-state index in [0.29, 0.717) is 26.7 Å². The second-order valence-electron chi connectivity index (χ2n) is 3.49. The first-order chi connectivity index (χ1) is 8.13. The normalized spacial score (nSPS) is 10.5. The lowest BCUT2D eigenvalue weighted by Gasteiger charge is -2.08. The van der Waals surface area contributed by atoms with Crippen molar-refractivity contribution in [2.75, 3.05) is 0 Å². The first kappa shape index (κ1) is 12.2. The zero-order valence-corrected chi connectivity index (χ0v) is 10.2. The molecule has 0 amide bonds. The van der Waals surface area contributed by atoms with E-state index in [-0.39, 0.29) is 12.2 Å². The van der Waals surface area contributed by atoms with Gasteiger partial charge in [0.1, 0.15) is 0 Å². The van der Waals surface area contributed by atoms with Crippen LogP contribution in [0.3, 0.4) is 0 Å². The van der Waals surface area contributed by atoms with Crippen LogP contribution in [0.2, 0.25) is 10.0 Å². The molecule has 0 aliphatic heterocycles. The Hall–Kier alpha value is -1.29. The maximum atomic E-state index is 11.8. The first-order valence-electron chi connectivity index (χ1n) is 4.90. The molecular weight excluding hydrogens is 261 g/mol. The number of benzene rings is 1. The summed E-state index contributed by atoms with van der Waals surface area (Å²) in [6.45, 7) is -0.234. The first-order valence-corrected chi connectivity index (χ1v) is 5.66. The van der Waals surface area contributed by atoms with Crippen LogP contribution in [0.15, 0.2) is 35.3 Å². The zero-order chi connectivity index (χ0) is 12.4. The summed E-state index contributed by atoms with van der Waals surface area (Å²) in [5, 5.41) is 10.1. The fourth-order valence-corrected chi connectivity index (χ4v) is 2.02. The number of halogens is 2. The van der Waals surface area contributed by atoms with E-state index in [9.17, 15) is 9.90 Å². The monoisotopic (exact) mass is 269 g/mol. The summed E-state index contributed by atoms with van der Waals surface area (Å²) < 4.78 is 0. The smallest absolute Gasteiger partial charge is 0.256 e. The number of aromatic amines is 1. The molecular formula is C12H9Cl2NO2. The van der Waals surface area contributed by atoms with Crippen molar-refractivity contribution in [1.29, 1.82) is 0 Å². The minimum atomic E-state index is -0.305. The Morgan fingerprint density at radius 3 is 2.71 bits per heavy atom. The van der Waals surface area contributed by atoms with Crippen LogP contribution >= 0.6 is 23.2 Å². The summed E-state index contributed by atoms with van der Waals surface area (Å²) in [5.41, 5.74) is 1.08. The summed E-state index contributed by atoms with van der Waals surface area (Å²) in [6.07, 6.45) is 1.48. The largest absolute Gasteiger partial charge is 0.392 e. The van der Waals surface area contributed by atoms with Gasteiger partial charge in [0.25, 0.3) is 5.56 Å². The van der Waals surface area contributed by atoms with Crippen LogP contribution in [-0.2, 0) is 6.61 Å². The van der Waals surface area contributed by atoms with Crippen LogP contribution in [0.5, 0.6) is 0 Å². The van der Waals surface area contributed by atoms with Crippen molar-refractivity contribution in [3.8, 4) is 11.1 Å². The molecule has 0 bridgehead atoms. The third-order valence-electron chi connectivity index (χ3n) is 2.42. The van der Waals surface area contributed by atoms with Gasteiger partial charge in [-0.3, -0.25) is 4.79 Å². The SMILES string of the molecule is O=c1[nH]ccc(CO)c1-c1cc(Cl)ccc1Cl. The molecule has 1 heterocycles. The summed E-state index contributed by atoms with van der Waals surface area (Å²) >= 11 is 11.9. The Bertz CT molecular complexity index is 608. The molecule has 5 heteroatoms. The van der Waals surface area contributed by atoms with E-state index in [1.807, 2.05) is 0 Å². The van der Waals surface area contributed by atoms with Crippen molar-refractivity contribution in [3.63, 3.8) is 0 Å². The number of nitrogens with one attached hydrogen (secondary N) is 1. The lowest BCUT2D eigenvalue weighted by Crippen LogP contribution is -2.11. The highest BCUT2D eigenvalue weighted by atomic mass is 35.5. The molecule has 0 saturated heterocycles. The Labute approximate surface area is 108 Å². The molecule has 0 aliphatic rings. The molecule has 1 aromatic heterocycles. The van der Waals surface area contributed by atoms with Gasteiger partial charge in [0.15, 0.2) is 0 Å². The second kappa shape index (κ2) is 4.92. The number of aliphatic hydroxyl groups excluding tert-OH is 1. The fourth-order valence-electron chi connectivity index (χ4n) is 1.64. The maximum Gasteiger partial charge on any atom is 0.256 e. The summed E-state index contributed by atoms with van der Waals surface area (Å²) in [4.78, 5) is 14.3. The number of pyridine rings is 1. The van der Waals surface area contributed by atoms with E-state index >= 15 is 0 Å². The van der Waals surface area contributed by atoms with Gasteiger partial charge in [-0.25, -0.2) is 0 Å². The summed E-state index contributed by atoms with van der Waals surface area (Å²) in [7, 11) is 0. The molecule has 2 aromatic rings. The van der Waals surface area contributed by atoms with Gasteiger partial charge in [0.05, 0.1) is 12.2 Å². The van der Waals surface area contributed by atoms with Gasteiger partial charge in [0, 0.05) is 21.8 Å². The average molecular weight is 270 g/mol. The third kappa shape index (κ3) is 2.36. The zero-order valence-electron chi connectivity index (χ0n) is 8.71. The van der Waals surface area contributed by atoms with E-state index in [1.54, 1.807) is 24.3 Å². The van der Waals surface area contributed by atoms with Crippen LogP contribution in [0, 0.1) is 0 Å². The quantitative estimate of drug-likeness (QED) is 0.881. The van der Waals surface area contributed by atoms with Crippen LogP contribution in [0.4, 0.5) is 0 Å². The number of hydrogen-bond donors (Lipinski definition) is 2. The Morgan fingerprint density at radius 2 is 2.00 bits per heavy atom. The summed E-state index contributed by atoms with van der Waals surface area (Å²) in [6, 6.07) is 6.50. The molecule has 17 heavy (non-hydrogen) atoms. The fraction of sp³-hybridized carbons (Fsp3) is 0.0833. The average Bonchev–Trinajstić information content (AvgIpc) is 2.32. The van der Waals surface area contributed by atoms with Gasteiger partial charge < -0.3 is 10.1 Å². The molecule has 0 unspecified atom stereocenters. The molecule has 88 valence electrons. The summed E-state index contributed by atoms with van der Waals surface area (Å²) in [5.74, 6) is 0. The number of aromatic nitrogens is 1. The predicted molar refractivity (Wildman–Crippen MR) is 68.4 cm³/mol. The van der Waals surface area contributed by atoms with Gasteiger partial charge in [-0.15, -0.1) is 0 Å². The van der Waals surface area contributed by atoms with E-state index in [2.05, 4.69) is 4.98 Å². The molecule has 3 nitrogen and oxygen atoms in total. The highest BCUT2D eigenvalue weighted by Crippen LogP contribution is 2.30. The molecule has 1 aromatic carbocycles. The molecule has 0 atom stereocenters. The highest BCUT2D eigenvalue weighted by Gasteiger charge is 2.12. The number of hydrogen-bond acceptors (Lipinski definition) is 2. The lowest BCUT2D eigenvalue weighted by molar-refractivity contribution is 0.282. The minimum absolute atomic E-state index is 0.234. The van der Waals surface area contributed by atoms with Crippen LogP contribution in [0.25, 0.3) is 11.1 Å². The van der Waals surface area contributed by atoms with Crippen molar-refractivity contribution < 1.29 is 5.11 Å². The van der Waals surface area contributed by atoms with E-state index < -0.39 is 0 Å². The molecule has 0 fully saturated rings. The van der Waals surface area contributed by atoms with Crippen molar-refractivity contribution in [2.24, 2.45) is 0 Å². The van der Waals surface area contributed by atoms with Crippen molar-refractivity contribution in [3.05, 3.63) is 56.4 Å². The number of rotatable bonds is 2. The topological polar surface area (TPSA) is 53.1 Å². The maximum absolute atomic E-state index is 11.8. The van der Waals surface area contributed by atoms with Crippen molar-refractivity contribution in [2.45, 2.75) is 6.61 Å². The van der Waals surface area contributed by atoms with Crippen LogP contribution < -0.4 is 5.56 Å². The number of aliphatic hydroxyl groups is 1. The Balaban J connectivity index is 2.76.